The highest BCUT2D eigenvalue weighted by molar-refractivity contribution is 7.92. The first kappa shape index (κ1) is 17.1. The maximum Gasteiger partial charge on any atom is 0.265 e. The van der Waals surface area contributed by atoms with E-state index in [0.29, 0.717) is 17.0 Å². The summed E-state index contributed by atoms with van der Waals surface area (Å²) in [5.41, 5.74) is 1.89. The number of nitrogens with one attached hydrogen (secondary N) is 1. The fourth-order valence-corrected chi connectivity index (χ4v) is 3.62. The Balaban J connectivity index is 2.50. The summed E-state index contributed by atoms with van der Waals surface area (Å²) in [7, 11) is -1.17. The lowest BCUT2D eigenvalue weighted by molar-refractivity contribution is 0.401. The van der Waals surface area contributed by atoms with Crippen molar-refractivity contribution in [2.45, 2.75) is 18.7 Å². The first-order valence-electron chi connectivity index (χ1n) is 6.80. The molecule has 0 aliphatic rings. The number of benzene rings is 2. The Kier molecular flexibility index (Phi) is 4.79. The Bertz CT molecular complexity index is 834. The van der Waals surface area contributed by atoms with Gasteiger partial charge >= 0.3 is 0 Å². The van der Waals surface area contributed by atoms with E-state index in [1.807, 2.05) is 6.92 Å². The van der Waals surface area contributed by atoms with E-state index < -0.39 is 15.8 Å². The Morgan fingerprint density at radius 1 is 1.04 bits per heavy atom. The van der Waals surface area contributed by atoms with E-state index in [1.165, 1.54) is 20.3 Å². The van der Waals surface area contributed by atoms with Crippen LogP contribution in [0.5, 0.6) is 11.5 Å². The van der Waals surface area contributed by atoms with E-state index in [1.54, 1.807) is 19.1 Å². The predicted molar refractivity (Wildman–Crippen MR) is 86.2 cm³/mol. The minimum Gasteiger partial charge on any atom is -0.496 e. The molecule has 1 N–H and O–H groups in total. The molecule has 5 nitrogen and oxygen atoms in total. The highest BCUT2D eigenvalue weighted by atomic mass is 32.2. The van der Waals surface area contributed by atoms with Gasteiger partial charge in [-0.3, -0.25) is 4.72 Å². The van der Waals surface area contributed by atoms with Gasteiger partial charge in [-0.1, -0.05) is 6.07 Å². The van der Waals surface area contributed by atoms with Gasteiger partial charge < -0.3 is 9.47 Å². The number of sulfonamides is 1. The van der Waals surface area contributed by atoms with Crippen molar-refractivity contribution in [2.75, 3.05) is 18.9 Å². The molecule has 124 valence electrons. The Labute approximate surface area is 135 Å². The van der Waals surface area contributed by atoms with Crippen LogP contribution in [0.15, 0.2) is 35.2 Å². The van der Waals surface area contributed by atoms with Crippen LogP contribution in [-0.2, 0) is 10.0 Å². The quantitative estimate of drug-likeness (QED) is 0.908. The molecule has 0 spiro atoms. The fraction of sp³-hybridized carbons (Fsp3) is 0.250. The number of halogens is 1. The Morgan fingerprint density at radius 2 is 1.74 bits per heavy atom. The van der Waals surface area contributed by atoms with Crippen LogP contribution in [0.1, 0.15) is 11.1 Å². The monoisotopic (exact) mass is 339 g/mol. The van der Waals surface area contributed by atoms with Crippen molar-refractivity contribution in [2.24, 2.45) is 0 Å². The van der Waals surface area contributed by atoms with E-state index in [4.69, 9.17) is 9.47 Å². The maximum absolute atomic E-state index is 13.4. The van der Waals surface area contributed by atoms with Crippen molar-refractivity contribution in [3.05, 3.63) is 47.3 Å². The lowest BCUT2D eigenvalue weighted by Gasteiger charge is -2.16. The second kappa shape index (κ2) is 6.45. The molecule has 0 saturated heterocycles. The van der Waals surface area contributed by atoms with Gasteiger partial charge in [-0.25, -0.2) is 12.8 Å². The van der Waals surface area contributed by atoms with Gasteiger partial charge in [0.15, 0.2) is 0 Å². The average molecular weight is 339 g/mol. The standard InChI is InChI=1S/C16H18FNO4S/c1-10-5-7-13(11(2)16(10)22-4)18-23(19,20)15-9-12(17)6-8-14(15)21-3/h5-9,18H,1-4H3. The van der Waals surface area contributed by atoms with Gasteiger partial charge in [0.25, 0.3) is 10.0 Å². The first-order chi connectivity index (χ1) is 10.8. The molecule has 0 fully saturated rings. The summed E-state index contributed by atoms with van der Waals surface area (Å²) in [6, 6.07) is 6.70. The van der Waals surface area contributed by atoms with E-state index in [-0.39, 0.29) is 10.6 Å². The van der Waals surface area contributed by atoms with E-state index in [2.05, 4.69) is 4.72 Å². The van der Waals surface area contributed by atoms with Crippen molar-refractivity contribution in [1.29, 1.82) is 0 Å². The van der Waals surface area contributed by atoms with Gasteiger partial charge in [-0.15, -0.1) is 0 Å². The van der Waals surface area contributed by atoms with Crippen LogP contribution in [0.25, 0.3) is 0 Å². The molecule has 0 amide bonds. The third-order valence-electron chi connectivity index (χ3n) is 3.47. The van der Waals surface area contributed by atoms with E-state index in [0.717, 1.165) is 17.7 Å². The van der Waals surface area contributed by atoms with Gasteiger partial charge in [0, 0.05) is 5.56 Å². The molecule has 7 heteroatoms. The van der Waals surface area contributed by atoms with Gasteiger partial charge in [0.1, 0.15) is 22.2 Å². The number of ether oxygens (including phenoxy) is 2. The lowest BCUT2D eigenvalue weighted by atomic mass is 10.1. The fourth-order valence-electron chi connectivity index (χ4n) is 2.31. The summed E-state index contributed by atoms with van der Waals surface area (Å²) in [4.78, 5) is -0.265. The summed E-state index contributed by atoms with van der Waals surface area (Å²) in [6.45, 7) is 3.60. The second-order valence-corrected chi connectivity index (χ2v) is 6.64. The minimum atomic E-state index is -4.01. The van der Waals surface area contributed by atoms with E-state index >= 15 is 0 Å². The van der Waals surface area contributed by atoms with Crippen molar-refractivity contribution in [3.8, 4) is 11.5 Å². The maximum atomic E-state index is 13.4. The van der Waals surface area contributed by atoms with Crippen LogP contribution in [-0.4, -0.2) is 22.6 Å². The summed E-state index contributed by atoms with van der Waals surface area (Å²) < 4.78 is 51.3. The normalized spacial score (nSPS) is 11.2. The number of hydrogen-bond acceptors (Lipinski definition) is 4. The number of rotatable bonds is 5. The molecule has 0 radical (unpaired) electrons. The smallest absolute Gasteiger partial charge is 0.265 e. The molecular formula is C16H18FNO4S. The molecule has 0 aliphatic carbocycles. The van der Waals surface area contributed by atoms with Gasteiger partial charge in [0.05, 0.1) is 19.9 Å². The van der Waals surface area contributed by atoms with E-state index in [9.17, 15) is 12.8 Å². The summed E-state index contributed by atoms with van der Waals surface area (Å²) in [5.74, 6) is -0.00331. The minimum absolute atomic E-state index is 0.0654. The van der Waals surface area contributed by atoms with Gasteiger partial charge in [-0.2, -0.15) is 0 Å². The number of methoxy groups -OCH3 is 2. The molecule has 0 bridgehead atoms. The average Bonchev–Trinajstić information content (AvgIpc) is 2.50. The topological polar surface area (TPSA) is 64.6 Å². The van der Waals surface area contributed by atoms with Crippen LogP contribution in [0.4, 0.5) is 10.1 Å². The van der Waals surface area contributed by atoms with Crippen molar-refractivity contribution in [3.63, 3.8) is 0 Å². The zero-order valence-electron chi connectivity index (χ0n) is 13.3. The van der Waals surface area contributed by atoms with Gasteiger partial charge in [0.2, 0.25) is 0 Å². The third kappa shape index (κ3) is 3.39. The molecule has 0 aliphatic heterocycles. The van der Waals surface area contributed by atoms with Crippen molar-refractivity contribution in [1.82, 2.24) is 0 Å². The molecule has 0 saturated carbocycles. The van der Waals surface area contributed by atoms with Crippen LogP contribution >= 0.6 is 0 Å². The van der Waals surface area contributed by atoms with Gasteiger partial charge in [-0.05, 0) is 43.7 Å². The zero-order chi connectivity index (χ0) is 17.2. The van der Waals surface area contributed by atoms with Crippen molar-refractivity contribution >= 4 is 15.7 Å². The predicted octanol–water partition coefficient (Wildman–Crippen LogP) is 3.26. The molecule has 2 aromatic rings. The largest absolute Gasteiger partial charge is 0.496 e. The SMILES string of the molecule is COc1ccc(F)cc1S(=O)(=O)Nc1ccc(C)c(OC)c1C. The Morgan fingerprint density at radius 3 is 2.35 bits per heavy atom. The highest BCUT2D eigenvalue weighted by Crippen LogP contribution is 2.32. The summed E-state index contributed by atoms with van der Waals surface area (Å²) in [5, 5.41) is 0. The molecule has 0 aromatic heterocycles. The molecular weight excluding hydrogens is 321 g/mol. The molecule has 0 unspecified atom stereocenters. The second-order valence-electron chi connectivity index (χ2n) is 4.99. The molecule has 23 heavy (non-hydrogen) atoms. The zero-order valence-corrected chi connectivity index (χ0v) is 14.1. The molecule has 2 rings (SSSR count). The number of anilines is 1. The van der Waals surface area contributed by atoms with Crippen LogP contribution in [0.3, 0.4) is 0 Å². The van der Waals surface area contributed by atoms with Crippen LogP contribution in [0.2, 0.25) is 0 Å². The number of hydrogen-bond donors (Lipinski definition) is 1. The number of aryl methyl sites for hydroxylation is 1. The Hall–Kier alpha value is -2.28. The highest BCUT2D eigenvalue weighted by Gasteiger charge is 2.22. The lowest BCUT2D eigenvalue weighted by Crippen LogP contribution is -2.15. The van der Waals surface area contributed by atoms with Crippen LogP contribution in [0, 0.1) is 19.7 Å². The summed E-state index contributed by atoms with van der Waals surface area (Å²) in [6.07, 6.45) is 0. The summed E-state index contributed by atoms with van der Waals surface area (Å²) >= 11 is 0. The molecule has 2 aromatic carbocycles. The van der Waals surface area contributed by atoms with Crippen molar-refractivity contribution < 1.29 is 22.3 Å². The molecule has 0 heterocycles. The first-order valence-corrected chi connectivity index (χ1v) is 8.29. The van der Waals surface area contributed by atoms with Crippen LogP contribution < -0.4 is 14.2 Å². The third-order valence-corrected chi connectivity index (χ3v) is 4.85. The molecule has 0 atom stereocenters.